The molecule has 0 aliphatic carbocycles. The monoisotopic (exact) mass is 159 g/mol. The van der Waals surface area contributed by atoms with Gasteiger partial charge in [0.05, 0.1) is 0 Å². The molecule has 7 heavy (non-hydrogen) atoms. The van der Waals surface area contributed by atoms with E-state index in [1.807, 2.05) is 0 Å². The third kappa shape index (κ3) is 10.7. The predicted octanol–water partition coefficient (Wildman–Crippen LogP) is -0.647. The SMILES string of the molecule is N#CS(=O)(=O)O.[Cr]. The molecule has 0 aromatic rings. The quantitative estimate of drug-likeness (QED) is 0.289. The van der Waals surface area contributed by atoms with Crippen LogP contribution in [0, 0.1) is 10.7 Å². The van der Waals surface area contributed by atoms with Crippen LogP contribution in [0.25, 0.3) is 0 Å². The van der Waals surface area contributed by atoms with E-state index >= 15 is 0 Å². The van der Waals surface area contributed by atoms with Crippen LogP contribution in [0.3, 0.4) is 0 Å². The normalized spacial score (nSPS) is 8.57. The summed E-state index contributed by atoms with van der Waals surface area (Å²) >= 11 is 0. The first-order chi connectivity index (χ1) is 2.56. The van der Waals surface area contributed by atoms with Gasteiger partial charge in [-0.1, -0.05) is 0 Å². The fourth-order valence-electron chi connectivity index (χ4n) is 0. The topological polar surface area (TPSA) is 78.2 Å². The van der Waals surface area contributed by atoms with Crippen molar-refractivity contribution >= 4 is 10.1 Å². The van der Waals surface area contributed by atoms with E-state index in [9.17, 15) is 8.42 Å². The standard InChI is InChI=1S/CHNO3S.Cr/c2-1-6(3,4)5;/h(H,3,4,5);. The number of rotatable bonds is 0. The summed E-state index contributed by atoms with van der Waals surface area (Å²) in [5.41, 5.74) is 0. The van der Waals surface area contributed by atoms with E-state index in [-0.39, 0.29) is 17.4 Å². The molecule has 0 fully saturated rings. The molecule has 4 nitrogen and oxygen atoms in total. The Bertz CT molecular complexity index is 164. The number of thiocyanates is 1. The molecule has 1 N–H and O–H groups in total. The van der Waals surface area contributed by atoms with Gasteiger partial charge in [0.25, 0.3) is 0 Å². The van der Waals surface area contributed by atoms with Crippen LogP contribution in [0.5, 0.6) is 0 Å². The molecule has 0 bridgehead atoms. The Labute approximate surface area is 51.6 Å². The van der Waals surface area contributed by atoms with E-state index in [1.165, 1.54) is 0 Å². The van der Waals surface area contributed by atoms with Crippen LogP contribution in [-0.2, 0) is 27.5 Å². The van der Waals surface area contributed by atoms with Crippen molar-refractivity contribution in [3.63, 3.8) is 0 Å². The smallest absolute Gasteiger partial charge is 0.274 e. The maximum Gasteiger partial charge on any atom is 0.360 e. The van der Waals surface area contributed by atoms with Crippen LogP contribution in [0.4, 0.5) is 0 Å². The summed E-state index contributed by atoms with van der Waals surface area (Å²) in [5.74, 6) is 0. The van der Waals surface area contributed by atoms with Crippen molar-refractivity contribution in [1.29, 1.82) is 5.26 Å². The molecule has 40 valence electrons. The minimum atomic E-state index is -4.36. The minimum Gasteiger partial charge on any atom is -0.274 e. The van der Waals surface area contributed by atoms with Crippen molar-refractivity contribution in [2.24, 2.45) is 0 Å². The summed E-state index contributed by atoms with van der Waals surface area (Å²) in [7, 11) is -4.36. The van der Waals surface area contributed by atoms with Gasteiger partial charge in [0, 0.05) is 17.4 Å². The van der Waals surface area contributed by atoms with E-state index in [4.69, 9.17) is 9.81 Å². The Kier molecular flexibility index (Phi) is 4.30. The predicted molar refractivity (Wildman–Crippen MR) is 17.2 cm³/mol. The zero-order valence-electron chi connectivity index (χ0n) is 3.03. The molecule has 0 aliphatic heterocycles. The molecular weight excluding hydrogens is 158 g/mol. The van der Waals surface area contributed by atoms with E-state index in [0.29, 0.717) is 5.40 Å². The van der Waals surface area contributed by atoms with Crippen molar-refractivity contribution in [3.8, 4) is 5.40 Å². The van der Waals surface area contributed by atoms with E-state index in [0.717, 1.165) is 0 Å². The molecule has 0 unspecified atom stereocenters. The Balaban J connectivity index is 0. The second-order valence-electron chi connectivity index (χ2n) is 0.566. The third-order valence-corrected chi connectivity index (χ3v) is 0.346. The molecule has 0 amide bonds. The van der Waals surface area contributed by atoms with Crippen LogP contribution in [0.15, 0.2) is 0 Å². The van der Waals surface area contributed by atoms with E-state index < -0.39 is 10.1 Å². The summed E-state index contributed by atoms with van der Waals surface area (Å²) in [6.07, 6.45) is 0. The Morgan fingerprint density at radius 3 is 1.71 bits per heavy atom. The first kappa shape index (κ1) is 10.0. The molecule has 0 rings (SSSR count). The zero-order chi connectivity index (χ0) is 5.21. The Morgan fingerprint density at radius 1 is 1.57 bits per heavy atom. The molecule has 0 aromatic carbocycles. The van der Waals surface area contributed by atoms with Crippen LogP contribution < -0.4 is 0 Å². The van der Waals surface area contributed by atoms with Gasteiger partial charge >= 0.3 is 10.1 Å². The summed E-state index contributed by atoms with van der Waals surface area (Å²) in [6, 6.07) is 0. The maximum absolute atomic E-state index is 9.19. The van der Waals surface area contributed by atoms with Crippen LogP contribution in [0.1, 0.15) is 0 Å². The van der Waals surface area contributed by atoms with Gasteiger partial charge in [-0.2, -0.15) is 13.7 Å². The molecular formula is CHCrNO3S. The fourth-order valence-corrected chi connectivity index (χ4v) is 0. The van der Waals surface area contributed by atoms with Gasteiger partial charge in [-0.3, -0.25) is 4.55 Å². The second-order valence-corrected chi connectivity index (χ2v) is 1.70. The molecule has 0 heterocycles. The summed E-state index contributed by atoms with van der Waals surface area (Å²) in [6.45, 7) is 0. The van der Waals surface area contributed by atoms with Gasteiger partial charge in [0.1, 0.15) is 0 Å². The molecule has 0 saturated heterocycles. The van der Waals surface area contributed by atoms with Crippen molar-refractivity contribution in [3.05, 3.63) is 0 Å². The Morgan fingerprint density at radius 2 is 1.71 bits per heavy atom. The van der Waals surface area contributed by atoms with Crippen molar-refractivity contribution in [2.45, 2.75) is 0 Å². The van der Waals surface area contributed by atoms with Crippen molar-refractivity contribution in [2.75, 3.05) is 0 Å². The average molecular weight is 159 g/mol. The van der Waals surface area contributed by atoms with Crippen molar-refractivity contribution in [1.82, 2.24) is 0 Å². The maximum atomic E-state index is 9.19. The first-order valence-electron chi connectivity index (χ1n) is 0.944. The van der Waals surface area contributed by atoms with Crippen molar-refractivity contribution < 1.29 is 30.3 Å². The molecule has 0 atom stereocenters. The van der Waals surface area contributed by atoms with Crippen LogP contribution >= 0.6 is 0 Å². The van der Waals surface area contributed by atoms with Gasteiger partial charge < -0.3 is 0 Å². The number of nitriles is 1. The van der Waals surface area contributed by atoms with E-state index in [1.54, 1.807) is 0 Å². The molecule has 0 radical (unpaired) electrons. The average Bonchev–Trinajstić information content (AvgIpc) is 1.35. The third-order valence-electron chi connectivity index (χ3n) is 0.115. The zero-order valence-corrected chi connectivity index (χ0v) is 5.12. The van der Waals surface area contributed by atoms with Crippen LogP contribution in [0.2, 0.25) is 0 Å². The second kappa shape index (κ2) is 3.00. The summed E-state index contributed by atoms with van der Waals surface area (Å²) < 4.78 is 25.8. The fraction of sp³-hybridized carbons (Fsp3) is 0. The van der Waals surface area contributed by atoms with Gasteiger partial charge in [0.15, 0.2) is 0 Å². The summed E-state index contributed by atoms with van der Waals surface area (Å²) in [4.78, 5) is 0. The molecule has 0 aliphatic rings. The molecule has 6 heteroatoms. The summed E-state index contributed by atoms with van der Waals surface area (Å²) in [5, 5.41) is 7.95. The van der Waals surface area contributed by atoms with E-state index in [2.05, 4.69) is 0 Å². The Hall–Kier alpha value is -0.0675. The van der Waals surface area contributed by atoms with Gasteiger partial charge in [0.2, 0.25) is 5.40 Å². The minimum absolute atomic E-state index is 0. The molecule has 0 spiro atoms. The van der Waals surface area contributed by atoms with Gasteiger partial charge in [-0.05, 0) is 0 Å². The van der Waals surface area contributed by atoms with Gasteiger partial charge in [-0.15, -0.1) is 0 Å². The van der Waals surface area contributed by atoms with Gasteiger partial charge in [-0.25, -0.2) is 0 Å². The molecule has 0 saturated carbocycles. The van der Waals surface area contributed by atoms with Crippen LogP contribution in [-0.4, -0.2) is 13.0 Å². The number of hydrogen-bond donors (Lipinski definition) is 1. The largest absolute Gasteiger partial charge is 0.360 e. The molecule has 0 aromatic heterocycles. The number of nitrogens with zero attached hydrogens (tertiary/aromatic N) is 1. The first-order valence-corrected chi connectivity index (χ1v) is 2.38. The number of hydrogen-bond acceptors (Lipinski definition) is 3.